The Labute approximate surface area is 134 Å². The van der Waals surface area contributed by atoms with Crippen molar-refractivity contribution >= 4 is 17.9 Å². The normalized spacial score (nSPS) is 42.3. The van der Waals surface area contributed by atoms with Crippen LogP contribution in [-0.4, -0.2) is 36.7 Å². The fourth-order valence-electron chi connectivity index (χ4n) is 5.17. The number of carbonyl (C=O) groups is 3. The Morgan fingerprint density at radius 1 is 1.35 bits per heavy atom. The molecule has 0 aromatic rings. The van der Waals surface area contributed by atoms with E-state index in [1.165, 1.54) is 6.92 Å². The van der Waals surface area contributed by atoms with Crippen LogP contribution in [0, 0.1) is 23.2 Å². The fraction of sp³-hybridized carbons (Fsp3) is 0.706. The molecule has 3 saturated carbocycles. The number of esters is 3. The smallest absolute Gasteiger partial charge is 0.344 e. The lowest BCUT2D eigenvalue weighted by molar-refractivity contribution is -0.221. The molecule has 0 aromatic carbocycles. The summed E-state index contributed by atoms with van der Waals surface area (Å²) >= 11 is 0. The minimum Gasteiger partial charge on any atom is -0.458 e. The summed E-state index contributed by atoms with van der Waals surface area (Å²) in [4.78, 5) is 35.4. The largest absolute Gasteiger partial charge is 0.458 e. The van der Waals surface area contributed by atoms with Gasteiger partial charge in [-0.1, -0.05) is 6.58 Å². The van der Waals surface area contributed by atoms with Crippen molar-refractivity contribution in [2.75, 3.05) is 6.61 Å². The SMILES string of the molecule is C=C(C)C(=O)OCC(=O)OC1C2CC3CC4C(=O)OC1CC34C2. The van der Waals surface area contributed by atoms with Crippen LogP contribution >= 0.6 is 0 Å². The van der Waals surface area contributed by atoms with Crippen molar-refractivity contribution in [3.8, 4) is 0 Å². The maximum atomic E-state index is 12.1. The molecular weight excluding hydrogens is 300 g/mol. The zero-order chi connectivity index (χ0) is 16.4. The highest BCUT2D eigenvalue weighted by molar-refractivity contribution is 5.88. The molecule has 6 atom stereocenters. The Balaban J connectivity index is 1.42. The zero-order valence-electron chi connectivity index (χ0n) is 13.1. The minimum atomic E-state index is -0.615. The van der Waals surface area contributed by atoms with Gasteiger partial charge >= 0.3 is 17.9 Å². The molecule has 0 aromatic heterocycles. The van der Waals surface area contributed by atoms with E-state index in [1.54, 1.807) is 0 Å². The number of rotatable bonds is 4. The highest BCUT2D eigenvalue weighted by Crippen LogP contribution is 2.71. The van der Waals surface area contributed by atoms with Gasteiger partial charge in [-0.25, -0.2) is 9.59 Å². The quantitative estimate of drug-likeness (QED) is 0.442. The Morgan fingerprint density at radius 2 is 2.13 bits per heavy atom. The number of fused-ring (bicyclic) bond motifs is 2. The molecule has 3 bridgehead atoms. The molecule has 124 valence electrons. The molecule has 1 spiro atoms. The van der Waals surface area contributed by atoms with E-state index >= 15 is 0 Å². The third-order valence-electron chi connectivity index (χ3n) is 6.16. The zero-order valence-corrected chi connectivity index (χ0v) is 13.1. The molecule has 0 radical (unpaired) electrons. The van der Waals surface area contributed by atoms with Crippen LogP contribution in [0.1, 0.15) is 32.6 Å². The number of carbonyl (C=O) groups excluding carboxylic acids is 3. The van der Waals surface area contributed by atoms with Gasteiger partial charge in [-0.05, 0) is 43.9 Å². The van der Waals surface area contributed by atoms with Gasteiger partial charge in [0.05, 0.1) is 5.92 Å². The van der Waals surface area contributed by atoms with E-state index in [2.05, 4.69) is 6.58 Å². The number of hydrogen-bond donors (Lipinski definition) is 0. The molecule has 6 nitrogen and oxygen atoms in total. The lowest BCUT2D eigenvalue weighted by Gasteiger charge is -2.57. The van der Waals surface area contributed by atoms with Gasteiger partial charge < -0.3 is 14.2 Å². The van der Waals surface area contributed by atoms with Crippen LogP contribution in [0.15, 0.2) is 12.2 Å². The van der Waals surface area contributed by atoms with Gasteiger partial charge in [0.2, 0.25) is 0 Å². The van der Waals surface area contributed by atoms with Crippen LogP contribution in [0.2, 0.25) is 0 Å². The average molecular weight is 320 g/mol. The molecule has 4 aliphatic rings. The van der Waals surface area contributed by atoms with Gasteiger partial charge in [0.25, 0.3) is 0 Å². The first kappa shape index (κ1) is 14.7. The lowest BCUT2D eigenvalue weighted by Crippen LogP contribution is -2.60. The maximum Gasteiger partial charge on any atom is 0.344 e. The molecule has 0 N–H and O–H groups in total. The van der Waals surface area contributed by atoms with Crippen LogP contribution in [0.3, 0.4) is 0 Å². The fourth-order valence-corrected chi connectivity index (χ4v) is 5.17. The summed E-state index contributed by atoms with van der Waals surface area (Å²) in [5.41, 5.74) is 0.344. The van der Waals surface area contributed by atoms with Crippen molar-refractivity contribution in [2.45, 2.75) is 44.8 Å². The summed E-state index contributed by atoms with van der Waals surface area (Å²) in [6, 6.07) is 0. The van der Waals surface area contributed by atoms with E-state index in [0.717, 1.165) is 25.7 Å². The summed E-state index contributed by atoms with van der Waals surface area (Å²) in [5, 5.41) is 0. The van der Waals surface area contributed by atoms with Crippen molar-refractivity contribution in [2.24, 2.45) is 23.2 Å². The van der Waals surface area contributed by atoms with Crippen LogP contribution in [0.5, 0.6) is 0 Å². The standard InChI is InChI=1S/C17H20O6/c1-8(2)15(19)21-7-13(18)23-14-9-3-10-4-11-16(20)22-12(14)6-17(10,11)5-9/h9-12,14H,1,3-7H2,2H3. The summed E-state index contributed by atoms with van der Waals surface area (Å²) in [5.74, 6) is -0.474. The third-order valence-corrected chi connectivity index (χ3v) is 6.16. The minimum absolute atomic E-state index is 0.0573. The van der Waals surface area contributed by atoms with Crippen molar-refractivity contribution in [1.29, 1.82) is 0 Å². The van der Waals surface area contributed by atoms with Gasteiger partial charge in [0.15, 0.2) is 6.61 Å². The first-order valence-electron chi connectivity index (χ1n) is 8.13. The monoisotopic (exact) mass is 320 g/mol. The molecule has 3 aliphatic carbocycles. The van der Waals surface area contributed by atoms with Crippen molar-refractivity contribution in [3.05, 3.63) is 12.2 Å². The molecule has 1 aliphatic heterocycles. The summed E-state index contributed by atoms with van der Waals surface area (Å²) in [6.07, 6.45) is 2.90. The second-order valence-corrected chi connectivity index (χ2v) is 7.41. The average Bonchev–Trinajstić information content (AvgIpc) is 2.72. The van der Waals surface area contributed by atoms with Crippen LogP contribution < -0.4 is 0 Å². The Bertz CT molecular complexity index is 610. The molecule has 6 heteroatoms. The molecule has 1 heterocycles. The van der Waals surface area contributed by atoms with Crippen molar-refractivity contribution in [3.63, 3.8) is 0 Å². The second-order valence-electron chi connectivity index (χ2n) is 7.41. The van der Waals surface area contributed by atoms with Gasteiger partial charge in [-0.15, -0.1) is 0 Å². The van der Waals surface area contributed by atoms with Gasteiger partial charge in [0.1, 0.15) is 12.2 Å². The highest BCUT2D eigenvalue weighted by atomic mass is 16.6. The predicted molar refractivity (Wildman–Crippen MR) is 76.9 cm³/mol. The molecule has 23 heavy (non-hydrogen) atoms. The van der Waals surface area contributed by atoms with Crippen molar-refractivity contribution < 1.29 is 28.6 Å². The van der Waals surface area contributed by atoms with E-state index in [1.807, 2.05) is 0 Å². The third kappa shape index (κ3) is 2.03. The molecule has 0 amide bonds. The van der Waals surface area contributed by atoms with E-state index < -0.39 is 24.6 Å². The molecule has 4 fully saturated rings. The summed E-state index contributed by atoms with van der Waals surface area (Å²) < 4.78 is 15.9. The Morgan fingerprint density at radius 3 is 2.87 bits per heavy atom. The highest BCUT2D eigenvalue weighted by Gasteiger charge is 2.71. The van der Waals surface area contributed by atoms with Crippen molar-refractivity contribution in [1.82, 2.24) is 0 Å². The van der Waals surface area contributed by atoms with E-state index in [4.69, 9.17) is 14.2 Å². The molecular formula is C17H20O6. The maximum absolute atomic E-state index is 12.1. The topological polar surface area (TPSA) is 78.9 Å². The second kappa shape index (κ2) is 4.82. The van der Waals surface area contributed by atoms with E-state index in [9.17, 15) is 14.4 Å². The van der Waals surface area contributed by atoms with Gasteiger partial charge in [-0.3, -0.25) is 4.79 Å². The summed E-state index contributed by atoms with van der Waals surface area (Å²) in [6.45, 7) is 4.53. The number of hydrogen-bond acceptors (Lipinski definition) is 6. The van der Waals surface area contributed by atoms with Gasteiger partial charge in [-0.2, -0.15) is 0 Å². The lowest BCUT2D eigenvalue weighted by atomic mass is 9.50. The van der Waals surface area contributed by atoms with Crippen LogP contribution in [-0.2, 0) is 28.6 Å². The van der Waals surface area contributed by atoms with Gasteiger partial charge in [0, 0.05) is 11.5 Å². The Kier molecular flexibility index (Phi) is 3.09. The predicted octanol–water partition coefficient (Wildman–Crippen LogP) is 1.38. The molecule has 4 rings (SSSR count). The van der Waals surface area contributed by atoms with Crippen LogP contribution in [0.25, 0.3) is 0 Å². The molecule has 1 saturated heterocycles. The van der Waals surface area contributed by atoms with E-state index in [-0.39, 0.29) is 34.9 Å². The first-order valence-corrected chi connectivity index (χ1v) is 8.13. The first-order chi connectivity index (χ1) is 10.9. The van der Waals surface area contributed by atoms with E-state index in [0.29, 0.717) is 5.92 Å². The summed E-state index contributed by atoms with van der Waals surface area (Å²) in [7, 11) is 0. The Hall–Kier alpha value is -1.85. The number of ether oxygens (including phenoxy) is 3. The van der Waals surface area contributed by atoms with Crippen LogP contribution in [0.4, 0.5) is 0 Å². The molecule has 6 unspecified atom stereocenters.